The molecule has 0 bridgehead atoms. The van der Waals surface area contributed by atoms with Gasteiger partial charge in [0.2, 0.25) is 5.88 Å². The van der Waals surface area contributed by atoms with E-state index in [1.807, 2.05) is 0 Å². The van der Waals surface area contributed by atoms with Gasteiger partial charge in [0.15, 0.2) is 0 Å². The third kappa shape index (κ3) is 5.30. The van der Waals surface area contributed by atoms with Crippen LogP contribution < -0.4 is 10.1 Å². The molecule has 1 aromatic carbocycles. The van der Waals surface area contributed by atoms with Gasteiger partial charge in [-0.3, -0.25) is 0 Å². The Morgan fingerprint density at radius 3 is 2.48 bits per heavy atom. The maximum Gasteiger partial charge on any atom is 0.433 e. The summed E-state index contributed by atoms with van der Waals surface area (Å²) in [5.41, 5.74) is -0.290. The Kier molecular flexibility index (Phi) is 5.68. The summed E-state index contributed by atoms with van der Waals surface area (Å²) in [5.74, 6) is 0.327. The number of benzene rings is 1. The first-order valence-corrected chi connectivity index (χ1v) is 7.22. The van der Waals surface area contributed by atoms with Crippen molar-refractivity contribution in [1.82, 2.24) is 4.98 Å². The van der Waals surface area contributed by atoms with Crippen LogP contribution in [-0.4, -0.2) is 28.6 Å². The number of pyridine rings is 1. The fourth-order valence-electron chi connectivity index (χ4n) is 1.68. The third-order valence-electron chi connectivity index (χ3n) is 2.81. The van der Waals surface area contributed by atoms with Crippen LogP contribution >= 0.6 is 11.6 Å². The van der Waals surface area contributed by atoms with Gasteiger partial charge in [-0.2, -0.15) is 13.2 Å². The fourth-order valence-corrected chi connectivity index (χ4v) is 1.79. The van der Waals surface area contributed by atoms with E-state index in [-0.39, 0.29) is 11.8 Å². The van der Waals surface area contributed by atoms with Crippen LogP contribution in [0.2, 0.25) is 0 Å². The molecule has 0 fully saturated rings. The van der Waals surface area contributed by atoms with E-state index in [0.717, 1.165) is 11.8 Å². The van der Waals surface area contributed by atoms with Crippen LogP contribution in [-0.2, 0) is 6.18 Å². The second-order valence-corrected chi connectivity index (χ2v) is 4.98. The number of hydrogen-bond acceptors (Lipinski definition) is 4. The fraction of sp³-hybridized carbons (Fsp3) is 0.267. The first-order valence-electron chi connectivity index (χ1n) is 6.68. The number of alkyl halides is 4. The smallest absolute Gasteiger partial charge is 0.433 e. The summed E-state index contributed by atoms with van der Waals surface area (Å²) < 4.78 is 43.1. The van der Waals surface area contributed by atoms with Crippen LogP contribution in [0.4, 0.5) is 18.9 Å². The Hall–Kier alpha value is -1.99. The van der Waals surface area contributed by atoms with Crippen LogP contribution in [0.5, 0.6) is 11.6 Å². The monoisotopic (exact) mass is 346 g/mol. The van der Waals surface area contributed by atoms with E-state index in [0.29, 0.717) is 12.3 Å². The van der Waals surface area contributed by atoms with E-state index in [1.54, 1.807) is 24.3 Å². The van der Waals surface area contributed by atoms with Gasteiger partial charge in [0.05, 0.1) is 12.0 Å². The third-order valence-corrected chi connectivity index (χ3v) is 3.17. The van der Waals surface area contributed by atoms with Gasteiger partial charge < -0.3 is 15.2 Å². The molecule has 2 N–H and O–H groups in total. The zero-order chi connectivity index (χ0) is 16.9. The summed E-state index contributed by atoms with van der Waals surface area (Å²) in [5, 5.41) is 12.3. The first kappa shape index (κ1) is 17.4. The molecule has 1 unspecified atom stereocenters. The van der Waals surface area contributed by atoms with Crippen molar-refractivity contribution in [2.45, 2.75) is 12.3 Å². The molecule has 0 radical (unpaired) electrons. The van der Waals surface area contributed by atoms with E-state index in [4.69, 9.17) is 16.3 Å². The highest BCUT2D eigenvalue weighted by atomic mass is 35.5. The lowest BCUT2D eigenvalue weighted by atomic mass is 10.3. The lowest BCUT2D eigenvalue weighted by molar-refractivity contribution is -0.141. The zero-order valence-electron chi connectivity index (χ0n) is 11.8. The van der Waals surface area contributed by atoms with Gasteiger partial charge in [-0.25, -0.2) is 4.98 Å². The van der Waals surface area contributed by atoms with Gasteiger partial charge in [0.25, 0.3) is 0 Å². The first-order chi connectivity index (χ1) is 10.9. The Morgan fingerprint density at radius 2 is 1.87 bits per heavy atom. The highest BCUT2D eigenvalue weighted by Gasteiger charge is 2.32. The van der Waals surface area contributed by atoms with Crippen LogP contribution in [0.15, 0.2) is 42.5 Å². The molecular weight excluding hydrogens is 333 g/mol. The molecule has 8 heteroatoms. The molecular formula is C15H14ClF3N2O2. The number of aromatic nitrogens is 1. The molecule has 23 heavy (non-hydrogen) atoms. The second kappa shape index (κ2) is 7.52. The van der Waals surface area contributed by atoms with Crippen molar-refractivity contribution in [1.29, 1.82) is 0 Å². The SMILES string of the molecule is OC(CCl)CNc1ccc(Oc2cccc(C(F)(F)F)n2)cc1. The average Bonchev–Trinajstić information content (AvgIpc) is 2.53. The van der Waals surface area contributed by atoms with Crippen LogP contribution in [0.3, 0.4) is 0 Å². The lowest BCUT2D eigenvalue weighted by Crippen LogP contribution is -2.20. The number of hydrogen-bond donors (Lipinski definition) is 2. The molecule has 1 heterocycles. The van der Waals surface area contributed by atoms with Crippen LogP contribution in [0.25, 0.3) is 0 Å². The molecule has 1 aromatic heterocycles. The van der Waals surface area contributed by atoms with Crippen LogP contribution in [0.1, 0.15) is 5.69 Å². The van der Waals surface area contributed by atoms with Gasteiger partial charge in [-0.1, -0.05) is 6.07 Å². The summed E-state index contributed by atoms with van der Waals surface area (Å²) in [6.07, 6.45) is -5.18. The van der Waals surface area contributed by atoms with E-state index >= 15 is 0 Å². The molecule has 0 amide bonds. The number of anilines is 1. The predicted molar refractivity (Wildman–Crippen MR) is 81.0 cm³/mol. The summed E-state index contributed by atoms with van der Waals surface area (Å²) in [6, 6.07) is 9.96. The molecule has 0 aliphatic heterocycles. The summed E-state index contributed by atoms with van der Waals surface area (Å²) in [4.78, 5) is 3.42. The molecule has 0 spiro atoms. The predicted octanol–water partition coefficient (Wildman–Crippen LogP) is 3.90. The standard InChI is InChI=1S/C15H14ClF3N2O2/c16-8-11(22)9-20-10-4-6-12(7-5-10)23-14-3-1-2-13(21-14)15(17,18)19/h1-7,11,20,22H,8-9H2. The Labute approximate surface area is 135 Å². The van der Waals surface area contributed by atoms with Crippen molar-refractivity contribution >= 4 is 17.3 Å². The van der Waals surface area contributed by atoms with Crippen molar-refractivity contribution in [3.05, 3.63) is 48.2 Å². The zero-order valence-corrected chi connectivity index (χ0v) is 12.6. The van der Waals surface area contributed by atoms with Crippen molar-refractivity contribution in [3.8, 4) is 11.6 Å². The van der Waals surface area contributed by atoms with Gasteiger partial charge in [-0.05, 0) is 30.3 Å². The highest BCUT2D eigenvalue weighted by Crippen LogP contribution is 2.30. The summed E-state index contributed by atoms with van der Waals surface area (Å²) in [6.45, 7) is 0.291. The number of aliphatic hydroxyl groups excluding tert-OH is 1. The molecule has 2 rings (SSSR count). The molecule has 1 atom stereocenters. The molecule has 0 aliphatic rings. The van der Waals surface area contributed by atoms with Crippen molar-refractivity contribution in [2.75, 3.05) is 17.7 Å². The highest BCUT2D eigenvalue weighted by molar-refractivity contribution is 6.18. The number of aliphatic hydroxyl groups is 1. The maximum absolute atomic E-state index is 12.6. The van der Waals surface area contributed by atoms with Crippen LogP contribution in [0, 0.1) is 0 Å². The molecule has 0 aliphatic carbocycles. The Morgan fingerprint density at radius 1 is 1.17 bits per heavy atom. The van der Waals surface area contributed by atoms with Gasteiger partial charge in [0, 0.05) is 18.3 Å². The lowest BCUT2D eigenvalue weighted by Gasteiger charge is -2.11. The molecule has 0 saturated heterocycles. The summed E-state index contributed by atoms with van der Waals surface area (Å²) >= 11 is 5.48. The van der Waals surface area contributed by atoms with Gasteiger partial charge in [-0.15, -0.1) is 11.6 Å². The molecule has 0 saturated carbocycles. The summed E-state index contributed by atoms with van der Waals surface area (Å²) in [7, 11) is 0. The average molecular weight is 347 g/mol. The number of ether oxygens (including phenoxy) is 1. The van der Waals surface area contributed by atoms with E-state index in [2.05, 4.69) is 10.3 Å². The minimum Gasteiger partial charge on any atom is -0.439 e. The molecule has 124 valence electrons. The number of nitrogens with zero attached hydrogens (tertiary/aromatic N) is 1. The normalized spacial score (nSPS) is 12.7. The number of nitrogens with one attached hydrogen (secondary N) is 1. The quantitative estimate of drug-likeness (QED) is 0.779. The topological polar surface area (TPSA) is 54.4 Å². The van der Waals surface area contributed by atoms with Crippen molar-refractivity contribution < 1.29 is 23.0 Å². The maximum atomic E-state index is 12.6. The van der Waals surface area contributed by atoms with Gasteiger partial charge in [0.1, 0.15) is 11.4 Å². The van der Waals surface area contributed by atoms with Crippen molar-refractivity contribution in [3.63, 3.8) is 0 Å². The minimum absolute atomic E-state index is 0.120. The van der Waals surface area contributed by atoms with Crippen molar-refractivity contribution in [2.24, 2.45) is 0 Å². The van der Waals surface area contributed by atoms with Gasteiger partial charge >= 0.3 is 6.18 Å². The number of halogens is 4. The molecule has 2 aromatic rings. The second-order valence-electron chi connectivity index (χ2n) is 4.67. The van der Waals surface area contributed by atoms with E-state index < -0.39 is 18.0 Å². The van der Waals surface area contributed by atoms with E-state index in [1.165, 1.54) is 12.1 Å². The minimum atomic E-state index is -4.52. The van der Waals surface area contributed by atoms with E-state index in [9.17, 15) is 18.3 Å². The Balaban J connectivity index is 2.01. The number of rotatable bonds is 6. The largest absolute Gasteiger partial charge is 0.439 e. The Bertz CT molecular complexity index is 635. The molecule has 4 nitrogen and oxygen atoms in total.